The van der Waals surface area contributed by atoms with Crippen LogP contribution in [0.25, 0.3) is 11.1 Å². The molecule has 6 heteroatoms. The van der Waals surface area contributed by atoms with Crippen LogP contribution in [0.4, 0.5) is 0 Å². The van der Waals surface area contributed by atoms with E-state index in [1.807, 2.05) is 24.3 Å². The lowest BCUT2D eigenvalue weighted by Gasteiger charge is -2.10. The first-order valence-electron chi connectivity index (χ1n) is 10.5. The van der Waals surface area contributed by atoms with Gasteiger partial charge in [0.05, 0.1) is 25.3 Å². The Kier molecular flexibility index (Phi) is 6.89. The molecule has 0 spiro atoms. The average Bonchev–Trinajstić information content (AvgIpc) is 2.89. The van der Waals surface area contributed by atoms with Crippen LogP contribution >= 0.6 is 0 Å². The summed E-state index contributed by atoms with van der Waals surface area (Å²) in [6.07, 6.45) is 0. The molecule has 0 fully saturated rings. The van der Waals surface area contributed by atoms with E-state index in [0.717, 1.165) is 11.1 Å². The van der Waals surface area contributed by atoms with E-state index < -0.39 is 11.9 Å². The Morgan fingerprint density at radius 3 is 1.12 bits per heavy atom. The van der Waals surface area contributed by atoms with Crippen molar-refractivity contribution in [2.75, 3.05) is 14.2 Å². The number of hydrogen-bond donors (Lipinski definition) is 0. The maximum Gasteiger partial charge on any atom is 0.343 e. The number of para-hydroxylation sites is 4. The number of hydrogen-bond acceptors (Lipinski definition) is 6. The van der Waals surface area contributed by atoms with Crippen molar-refractivity contribution in [1.82, 2.24) is 0 Å². The Morgan fingerprint density at radius 2 is 0.794 bits per heavy atom. The molecular formula is C28H22O6. The second kappa shape index (κ2) is 10.4. The first kappa shape index (κ1) is 22.6. The summed E-state index contributed by atoms with van der Waals surface area (Å²) in [5, 5.41) is 0. The van der Waals surface area contributed by atoms with Gasteiger partial charge in [0.25, 0.3) is 0 Å². The first-order valence-corrected chi connectivity index (χ1v) is 10.5. The van der Waals surface area contributed by atoms with E-state index in [1.165, 1.54) is 14.2 Å². The standard InChI is InChI=1S/C28H22O6/c1-31-23-7-3-5-9-25(23)33-27(29)21-15-11-19(12-16-21)20-13-17-22(18-14-20)28(30)34-26-10-6-4-8-24(26)32-2/h3-18H,1-2H3. The van der Waals surface area contributed by atoms with Gasteiger partial charge in [-0.2, -0.15) is 0 Å². The average molecular weight is 454 g/mol. The minimum Gasteiger partial charge on any atom is -0.493 e. The van der Waals surface area contributed by atoms with Gasteiger partial charge in [-0.1, -0.05) is 48.5 Å². The maximum absolute atomic E-state index is 12.5. The fourth-order valence-corrected chi connectivity index (χ4v) is 3.32. The van der Waals surface area contributed by atoms with Gasteiger partial charge in [-0.05, 0) is 59.7 Å². The van der Waals surface area contributed by atoms with E-state index in [1.54, 1.807) is 72.8 Å². The smallest absolute Gasteiger partial charge is 0.343 e. The van der Waals surface area contributed by atoms with Gasteiger partial charge in [0.1, 0.15) is 0 Å². The highest BCUT2D eigenvalue weighted by molar-refractivity contribution is 5.93. The van der Waals surface area contributed by atoms with E-state index in [2.05, 4.69) is 0 Å². The molecule has 4 aromatic carbocycles. The number of rotatable bonds is 7. The second-order valence-electron chi connectivity index (χ2n) is 7.24. The molecule has 170 valence electrons. The quantitative estimate of drug-likeness (QED) is 0.259. The third-order valence-corrected chi connectivity index (χ3v) is 5.12. The molecule has 0 saturated heterocycles. The summed E-state index contributed by atoms with van der Waals surface area (Å²) < 4.78 is 21.3. The SMILES string of the molecule is COc1ccccc1OC(=O)c1ccc(-c2ccc(C(=O)Oc3ccccc3OC)cc2)cc1. The number of carbonyl (C=O) groups excluding carboxylic acids is 2. The molecule has 0 saturated carbocycles. The zero-order chi connectivity index (χ0) is 23.9. The van der Waals surface area contributed by atoms with Crippen molar-refractivity contribution < 1.29 is 28.5 Å². The molecule has 0 unspecified atom stereocenters. The lowest BCUT2D eigenvalue weighted by Crippen LogP contribution is -2.09. The summed E-state index contributed by atoms with van der Waals surface area (Å²) >= 11 is 0. The molecule has 0 heterocycles. The third-order valence-electron chi connectivity index (χ3n) is 5.12. The van der Waals surface area contributed by atoms with E-state index in [0.29, 0.717) is 34.1 Å². The summed E-state index contributed by atoms with van der Waals surface area (Å²) in [7, 11) is 3.04. The number of benzene rings is 4. The lowest BCUT2D eigenvalue weighted by atomic mass is 10.0. The third kappa shape index (κ3) is 5.07. The van der Waals surface area contributed by atoms with Gasteiger partial charge in [-0.15, -0.1) is 0 Å². The minimum atomic E-state index is -0.481. The molecule has 4 aromatic rings. The summed E-state index contributed by atoms with van der Waals surface area (Å²) in [6.45, 7) is 0. The second-order valence-corrected chi connectivity index (χ2v) is 7.24. The van der Waals surface area contributed by atoms with E-state index in [9.17, 15) is 9.59 Å². The lowest BCUT2D eigenvalue weighted by molar-refractivity contribution is 0.0720. The summed E-state index contributed by atoms with van der Waals surface area (Å²) in [6, 6.07) is 28.0. The van der Waals surface area contributed by atoms with Crippen molar-refractivity contribution in [3.05, 3.63) is 108 Å². The van der Waals surface area contributed by atoms with Gasteiger partial charge >= 0.3 is 11.9 Å². The Hall–Kier alpha value is -4.58. The van der Waals surface area contributed by atoms with Crippen LogP contribution in [0.5, 0.6) is 23.0 Å². The first-order chi connectivity index (χ1) is 16.6. The van der Waals surface area contributed by atoms with Crippen molar-refractivity contribution in [2.45, 2.75) is 0 Å². The zero-order valence-corrected chi connectivity index (χ0v) is 18.7. The van der Waals surface area contributed by atoms with Crippen molar-refractivity contribution in [3.63, 3.8) is 0 Å². The largest absolute Gasteiger partial charge is 0.493 e. The molecule has 0 N–H and O–H groups in total. The molecule has 0 amide bonds. The van der Waals surface area contributed by atoms with Crippen molar-refractivity contribution in [3.8, 4) is 34.1 Å². The predicted octanol–water partition coefficient (Wildman–Crippen LogP) is 5.81. The Bertz CT molecular complexity index is 1190. The van der Waals surface area contributed by atoms with Crippen LogP contribution in [0.3, 0.4) is 0 Å². The van der Waals surface area contributed by atoms with Gasteiger partial charge < -0.3 is 18.9 Å². The molecule has 0 aliphatic rings. The monoisotopic (exact) mass is 454 g/mol. The maximum atomic E-state index is 12.5. The van der Waals surface area contributed by atoms with Crippen molar-refractivity contribution >= 4 is 11.9 Å². The molecule has 0 bridgehead atoms. The van der Waals surface area contributed by atoms with Crippen LogP contribution in [-0.4, -0.2) is 26.2 Å². The van der Waals surface area contributed by atoms with Crippen LogP contribution in [-0.2, 0) is 0 Å². The fourth-order valence-electron chi connectivity index (χ4n) is 3.32. The summed E-state index contributed by atoms with van der Waals surface area (Å²) in [4.78, 5) is 25.0. The number of carbonyl (C=O) groups is 2. The van der Waals surface area contributed by atoms with Gasteiger partial charge in [-0.3, -0.25) is 0 Å². The van der Waals surface area contributed by atoms with Crippen molar-refractivity contribution in [1.29, 1.82) is 0 Å². The normalized spacial score (nSPS) is 10.3. The highest BCUT2D eigenvalue weighted by Crippen LogP contribution is 2.28. The number of ether oxygens (including phenoxy) is 4. The molecule has 34 heavy (non-hydrogen) atoms. The fraction of sp³-hybridized carbons (Fsp3) is 0.0714. The number of esters is 2. The molecule has 0 radical (unpaired) electrons. The van der Waals surface area contributed by atoms with Gasteiger partial charge in [0, 0.05) is 0 Å². The molecule has 4 rings (SSSR count). The zero-order valence-electron chi connectivity index (χ0n) is 18.7. The van der Waals surface area contributed by atoms with Gasteiger partial charge in [0.15, 0.2) is 23.0 Å². The Balaban J connectivity index is 1.44. The van der Waals surface area contributed by atoms with E-state index >= 15 is 0 Å². The molecule has 0 aliphatic heterocycles. The molecule has 6 nitrogen and oxygen atoms in total. The van der Waals surface area contributed by atoms with E-state index in [4.69, 9.17) is 18.9 Å². The topological polar surface area (TPSA) is 71.1 Å². The Morgan fingerprint density at radius 1 is 0.471 bits per heavy atom. The summed E-state index contributed by atoms with van der Waals surface area (Å²) in [5.41, 5.74) is 2.59. The highest BCUT2D eigenvalue weighted by Gasteiger charge is 2.14. The van der Waals surface area contributed by atoms with Crippen LogP contribution in [0.15, 0.2) is 97.1 Å². The molecule has 0 aliphatic carbocycles. The van der Waals surface area contributed by atoms with E-state index in [-0.39, 0.29) is 0 Å². The van der Waals surface area contributed by atoms with Crippen molar-refractivity contribution in [2.24, 2.45) is 0 Å². The van der Waals surface area contributed by atoms with Crippen LogP contribution in [0.2, 0.25) is 0 Å². The molecule has 0 aromatic heterocycles. The number of methoxy groups -OCH3 is 2. The predicted molar refractivity (Wildman–Crippen MR) is 128 cm³/mol. The van der Waals surface area contributed by atoms with Crippen LogP contribution in [0, 0.1) is 0 Å². The Labute approximate surface area is 197 Å². The summed E-state index contributed by atoms with van der Waals surface area (Å²) in [5.74, 6) is 0.717. The highest BCUT2D eigenvalue weighted by atomic mass is 16.6. The molecular weight excluding hydrogens is 432 g/mol. The van der Waals surface area contributed by atoms with Crippen LogP contribution in [0.1, 0.15) is 20.7 Å². The van der Waals surface area contributed by atoms with Gasteiger partial charge in [-0.25, -0.2) is 9.59 Å². The minimum absolute atomic E-state index is 0.356. The molecule has 0 atom stereocenters. The van der Waals surface area contributed by atoms with Gasteiger partial charge in [0.2, 0.25) is 0 Å². The van der Waals surface area contributed by atoms with Crippen LogP contribution < -0.4 is 18.9 Å².